The van der Waals surface area contributed by atoms with Crippen molar-refractivity contribution in [3.63, 3.8) is 0 Å². The first-order chi connectivity index (χ1) is 14.4. The number of amides is 1. The molecule has 0 bridgehead atoms. The molecule has 9 heteroatoms. The van der Waals surface area contributed by atoms with Gasteiger partial charge in [0.1, 0.15) is 11.6 Å². The van der Waals surface area contributed by atoms with Crippen molar-refractivity contribution in [2.75, 3.05) is 39.4 Å². The summed E-state index contributed by atoms with van der Waals surface area (Å²) in [5.74, 6) is -0.795. The van der Waals surface area contributed by atoms with Crippen LogP contribution in [0.2, 0.25) is 0 Å². The molecule has 2 aliphatic heterocycles. The van der Waals surface area contributed by atoms with Crippen LogP contribution in [-0.2, 0) is 20.7 Å². The standard InChI is InChI=1S/C20H26F2N2O3.CH2O2/c21-16-2-1-13(17(22)10-16)9-20(26)24-11-14-7-18(19(25)8-15(14)12-24)23-3-5-27-6-4-23;2-1-3/h1-2,10,14-15,18-19,25H,3-9,11-12H2;1H,(H,2,3)/t14-,15+,18-,19-;/m1./s1. The van der Waals surface area contributed by atoms with Crippen LogP contribution in [0, 0.1) is 23.5 Å². The molecule has 2 saturated heterocycles. The van der Waals surface area contributed by atoms with Crippen LogP contribution in [0.4, 0.5) is 8.78 Å². The number of morpholine rings is 1. The fraction of sp³-hybridized carbons (Fsp3) is 0.619. The zero-order valence-electron chi connectivity index (χ0n) is 16.8. The maximum atomic E-state index is 13.8. The molecule has 0 aromatic heterocycles. The molecule has 30 heavy (non-hydrogen) atoms. The predicted octanol–water partition coefficient (Wildman–Crippen LogP) is 1.14. The molecule has 2 N–H and O–H groups in total. The molecule has 3 fully saturated rings. The Morgan fingerprint density at radius 1 is 1.17 bits per heavy atom. The number of nitrogens with zero attached hydrogens (tertiary/aromatic N) is 2. The van der Waals surface area contributed by atoms with E-state index in [-0.39, 0.29) is 36.5 Å². The highest BCUT2D eigenvalue weighted by molar-refractivity contribution is 5.79. The first-order valence-electron chi connectivity index (χ1n) is 10.2. The number of hydrogen-bond donors (Lipinski definition) is 2. The lowest BCUT2D eigenvalue weighted by atomic mass is 9.77. The van der Waals surface area contributed by atoms with Crippen LogP contribution in [0.25, 0.3) is 0 Å². The Bertz CT molecular complexity index is 744. The van der Waals surface area contributed by atoms with Crippen molar-refractivity contribution in [3.05, 3.63) is 35.4 Å². The Morgan fingerprint density at radius 2 is 1.80 bits per heavy atom. The zero-order chi connectivity index (χ0) is 21.7. The van der Waals surface area contributed by atoms with Crippen LogP contribution in [-0.4, -0.2) is 83.9 Å². The van der Waals surface area contributed by atoms with Gasteiger partial charge in [-0.1, -0.05) is 6.07 Å². The van der Waals surface area contributed by atoms with E-state index in [0.717, 1.165) is 25.6 Å². The van der Waals surface area contributed by atoms with Crippen LogP contribution in [0.1, 0.15) is 18.4 Å². The predicted molar refractivity (Wildman–Crippen MR) is 104 cm³/mol. The van der Waals surface area contributed by atoms with Gasteiger partial charge < -0.3 is 19.8 Å². The van der Waals surface area contributed by atoms with E-state index < -0.39 is 11.6 Å². The summed E-state index contributed by atoms with van der Waals surface area (Å²) in [5.41, 5.74) is 0.225. The van der Waals surface area contributed by atoms with Gasteiger partial charge in [-0.25, -0.2) is 8.78 Å². The summed E-state index contributed by atoms with van der Waals surface area (Å²) >= 11 is 0. The topological polar surface area (TPSA) is 90.3 Å². The molecule has 1 aromatic carbocycles. The Morgan fingerprint density at radius 3 is 2.43 bits per heavy atom. The van der Waals surface area contributed by atoms with E-state index in [2.05, 4.69) is 4.90 Å². The molecule has 166 valence electrons. The number of aliphatic hydroxyl groups is 1. The molecule has 0 spiro atoms. The number of fused-ring (bicyclic) bond motifs is 1. The van der Waals surface area contributed by atoms with Gasteiger partial charge in [-0.05, 0) is 36.3 Å². The molecule has 0 radical (unpaired) electrons. The number of carbonyl (C=O) groups excluding carboxylic acids is 1. The average molecular weight is 426 g/mol. The summed E-state index contributed by atoms with van der Waals surface area (Å²) < 4.78 is 32.3. The van der Waals surface area contributed by atoms with Crippen LogP contribution < -0.4 is 0 Å². The van der Waals surface area contributed by atoms with Crippen LogP contribution in [0.5, 0.6) is 0 Å². The molecule has 0 unspecified atom stereocenters. The molecule has 1 aliphatic carbocycles. The lowest BCUT2D eigenvalue weighted by molar-refractivity contribution is -0.129. The summed E-state index contributed by atoms with van der Waals surface area (Å²) in [6, 6.07) is 3.46. The Kier molecular flexibility index (Phi) is 7.74. The molecule has 4 rings (SSSR count). The quantitative estimate of drug-likeness (QED) is 0.705. The molecule has 2 heterocycles. The summed E-state index contributed by atoms with van der Waals surface area (Å²) in [4.78, 5) is 25.1. The fourth-order valence-corrected chi connectivity index (χ4v) is 4.85. The summed E-state index contributed by atoms with van der Waals surface area (Å²) in [7, 11) is 0. The summed E-state index contributed by atoms with van der Waals surface area (Å²) in [6.45, 7) is 4.09. The van der Waals surface area contributed by atoms with E-state index in [0.29, 0.717) is 44.6 Å². The van der Waals surface area contributed by atoms with Crippen molar-refractivity contribution in [2.45, 2.75) is 31.4 Å². The number of hydrogen-bond acceptors (Lipinski definition) is 5. The number of benzene rings is 1. The van der Waals surface area contributed by atoms with Gasteiger partial charge in [-0.2, -0.15) is 0 Å². The summed E-state index contributed by atoms with van der Waals surface area (Å²) in [5, 5.41) is 17.5. The minimum atomic E-state index is -0.678. The SMILES string of the molecule is O=C(Cc1ccc(F)cc1F)N1C[C@H]2C[C@@H](N3CCOCC3)[C@H](O)C[C@H]2C1.O=CO. The number of halogens is 2. The minimum absolute atomic E-state index is 0.0546. The van der Waals surface area contributed by atoms with E-state index in [1.165, 1.54) is 12.1 Å². The first kappa shape index (κ1) is 22.6. The fourth-order valence-electron chi connectivity index (χ4n) is 4.85. The van der Waals surface area contributed by atoms with E-state index in [1.54, 1.807) is 4.90 Å². The van der Waals surface area contributed by atoms with E-state index in [9.17, 15) is 18.7 Å². The van der Waals surface area contributed by atoms with E-state index in [4.69, 9.17) is 14.6 Å². The van der Waals surface area contributed by atoms with Gasteiger partial charge >= 0.3 is 0 Å². The molecule has 7 nitrogen and oxygen atoms in total. The first-order valence-corrected chi connectivity index (χ1v) is 10.2. The molecule has 3 aliphatic rings. The van der Waals surface area contributed by atoms with Gasteiger partial charge in [0.25, 0.3) is 6.47 Å². The second-order valence-electron chi connectivity index (χ2n) is 8.09. The van der Waals surface area contributed by atoms with Gasteiger partial charge in [-0.15, -0.1) is 0 Å². The number of ether oxygens (including phenoxy) is 1. The third-order valence-corrected chi connectivity index (χ3v) is 6.33. The van der Waals surface area contributed by atoms with Gasteiger partial charge in [0, 0.05) is 38.3 Å². The van der Waals surface area contributed by atoms with Gasteiger partial charge in [0.2, 0.25) is 5.91 Å². The molecule has 1 saturated carbocycles. The van der Waals surface area contributed by atoms with Crippen molar-refractivity contribution >= 4 is 12.4 Å². The summed E-state index contributed by atoms with van der Waals surface area (Å²) in [6.07, 6.45) is 1.14. The maximum absolute atomic E-state index is 13.8. The smallest absolute Gasteiger partial charge is 0.290 e. The number of carboxylic acid groups (broad SMARTS) is 1. The highest BCUT2D eigenvalue weighted by Gasteiger charge is 2.44. The molecule has 1 aromatic rings. The van der Waals surface area contributed by atoms with Crippen LogP contribution in [0.15, 0.2) is 18.2 Å². The highest BCUT2D eigenvalue weighted by atomic mass is 19.1. The third-order valence-electron chi connectivity index (χ3n) is 6.33. The lowest BCUT2D eigenvalue weighted by Gasteiger charge is -2.43. The van der Waals surface area contributed by atoms with E-state index in [1.807, 2.05) is 0 Å². The second-order valence-corrected chi connectivity index (χ2v) is 8.09. The molecular weight excluding hydrogens is 398 g/mol. The largest absolute Gasteiger partial charge is 0.483 e. The van der Waals surface area contributed by atoms with Crippen molar-refractivity contribution in [1.29, 1.82) is 0 Å². The van der Waals surface area contributed by atoms with Gasteiger partial charge in [0.05, 0.1) is 25.7 Å². The Labute approximate surface area is 174 Å². The van der Waals surface area contributed by atoms with Crippen molar-refractivity contribution in [3.8, 4) is 0 Å². The van der Waals surface area contributed by atoms with Crippen LogP contribution >= 0.6 is 0 Å². The Hall–Kier alpha value is -2.10. The van der Waals surface area contributed by atoms with Crippen molar-refractivity contribution in [1.82, 2.24) is 9.80 Å². The minimum Gasteiger partial charge on any atom is -0.483 e. The maximum Gasteiger partial charge on any atom is 0.290 e. The van der Waals surface area contributed by atoms with Gasteiger partial charge in [-0.3, -0.25) is 14.5 Å². The zero-order valence-corrected chi connectivity index (χ0v) is 16.8. The highest BCUT2D eigenvalue weighted by Crippen LogP contribution is 2.38. The number of aliphatic hydroxyl groups excluding tert-OH is 1. The van der Waals surface area contributed by atoms with Crippen LogP contribution in [0.3, 0.4) is 0 Å². The van der Waals surface area contributed by atoms with Crippen molar-refractivity contribution < 1.29 is 33.3 Å². The average Bonchev–Trinajstić information content (AvgIpc) is 3.13. The van der Waals surface area contributed by atoms with Crippen molar-refractivity contribution in [2.24, 2.45) is 11.8 Å². The van der Waals surface area contributed by atoms with E-state index >= 15 is 0 Å². The second kappa shape index (κ2) is 10.3. The number of carbonyl (C=O) groups is 2. The molecule has 4 atom stereocenters. The molecule has 1 amide bonds. The normalized spacial score (nSPS) is 29.0. The molecular formula is C21H28F2N2O5. The Balaban J connectivity index is 0.000000806. The number of rotatable bonds is 3. The number of likely N-dealkylation sites (tertiary alicyclic amines) is 1. The van der Waals surface area contributed by atoms with Gasteiger partial charge in [0.15, 0.2) is 0 Å². The monoisotopic (exact) mass is 426 g/mol. The lowest BCUT2D eigenvalue weighted by Crippen LogP contribution is -2.53. The third kappa shape index (κ3) is 5.33.